The first-order chi connectivity index (χ1) is 7.67. The summed E-state index contributed by atoms with van der Waals surface area (Å²) in [6.07, 6.45) is 3.77. The van der Waals surface area contributed by atoms with Crippen LogP contribution in [0.4, 0.5) is 0 Å². The first kappa shape index (κ1) is 11.9. The molecule has 1 atom stereocenters. The van der Waals surface area contributed by atoms with Gasteiger partial charge in [-0.05, 0) is 18.8 Å². The van der Waals surface area contributed by atoms with E-state index < -0.39 is 0 Å². The summed E-state index contributed by atoms with van der Waals surface area (Å²) >= 11 is 0. The van der Waals surface area contributed by atoms with Gasteiger partial charge < -0.3 is 14.2 Å². The second-order valence-corrected chi connectivity index (χ2v) is 4.76. The Balaban J connectivity index is 1.87. The molecule has 92 valence electrons. The molecule has 4 heteroatoms. The highest BCUT2D eigenvalue weighted by Crippen LogP contribution is 2.40. The molecule has 2 fully saturated rings. The van der Waals surface area contributed by atoms with Gasteiger partial charge in [-0.1, -0.05) is 6.92 Å². The van der Waals surface area contributed by atoms with E-state index >= 15 is 0 Å². The van der Waals surface area contributed by atoms with E-state index in [-0.39, 0.29) is 17.7 Å². The topological polar surface area (TPSA) is 44.8 Å². The van der Waals surface area contributed by atoms with Crippen molar-refractivity contribution < 1.29 is 19.0 Å². The number of esters is 1. The molecule has 1 spiro atoms. The maximum absolute atomic E-state index is 11.4. The summed E-state index contributed by atoms with van der Waals surface area (Å²) < 4.78 is 16.1. The molecule has 0 aromatic heterocycles. The standard InChI is InChI=1S/C12H20O4/c1-9(11(13)14-2)10-3-5-12(6-4-10)15-7-8-16-12/h9-10H,3-8H2,1-2H3. The molecule has 1 unspecified atom stereocenters. The van der Waals surface area contributed by atoms with Crippen molar-refractivity contribution in [2.24, 2.45) is 11.8 Å². The van der Waals surface area contributed by atoms with Gasteiger partial charge in [0.1, 0.15) is 0 Å². The zero-order valence-electron chi connectivity index (χ0n) is 10.0. The Bertz CT molecular complexity index is 248. The number of rotatable bonds is 2. The molecule has 1 aliphatic carbocycles. The lowest BCUT2D eigenvalue weighted by atomic mass is 9.78. The number of methoxy groups -OCH3 is 1. The summed E-state index contributed by atoms with van der Waals surface area (Å²) in [4.78, 5) is 11.4. The van der Waals surface area contributed by atoms with Crippen molar-refractivity contribution >= 4 is 5.97 Å². The van der Waals surface area contributed by atoms with Crippen LogP contribution in [0.25, 0.3) is 0 Å². The van der Waals surface area contributed by atoms with E-state index in [0.29, 0.717) is 19.1 Å². The lowest BCUT2D eigenvalue weighted by molar-refractivity contribution is -0.186. The van der Waals surface area contributed by atoms with Gasteiger partial charge in [0.25, 0.3) is 0 Å². The van der Waals surface area contributed by atoms with Crippen LogP contribution in [0.3, 0.4) is 0 Å². The van der Waals surface area contributed by atoms with Crippen LogP contribution < -0.4 is 0 Å². The lowest BCUT2D eigenvalue weighted by Crippen LogP contribution is -2.37. The van der Waals surface area contributed by atoms with Crippen LogP contribution in [0, 0.1) is 11.8 Å². The summed E-state index contributed by atoms with van der Waals surface area (Å²) in [5.74, 6) is -0.0318. The second kappa shape index (κ2) is 4.72. The molecule has 1 saturated heterocycles. The molecule has 0 N–H and O–H groups in total. The Labute approximate surface area is 96.2 Å². The minimum absolute atomic E-state index is 0.0104. The van der Waals surface area contributed by atoms with Crippen molar-refractivity contribution in [3.05, 3.63) is 0 Å². The molecule has 1 aliphatic heterocycles. The minimum Gasteiger partial charge on any atom is -0.469 e. The van der Waals surface area contributed by atoms with Gasteiger partial charge in [-0.3, -0.25) is 4.79 Å². The van der Waals surface area contributed by atoms with Gasteiger partial charge in [-0.2, -0.15) is 0 Å². The predicted octanol–water partition coefficient (Wildman–Crippen LogP) is 1.73. The third kappa shape index (κ3) is 2.23. The van der Waals surface area contributed by atoms with Crippen molar-refractivity contribution in [3.8, 4) is 0 Å². The fourth-order valence-corrected chi connectivity index (χ4v) is 2.74. The van der Waals surface area contributed by atoms with Crippen LogP contribution in [-0.4, -0.2) is 32.1 Å². The average Bonchev–Trinajstić information content (AvgIpc) is 2.77. The molecule has 0 aromatic carbocycles. The molecule has 0 aromatic rings. The molecular weight excluding hydrogens is 208 g/mol. The molecule has 2 aliphatic rings. The van der Waals surface area contributed by atoms with Crippen molar-refractivity contribution in [1.29, 1.82) is 0 Å². The van der Waals surface area contributed by atoms with Crippen LogP contribution in [0.1, 0.15) is 32.6 Å². The number of hydrogen-bond donors (Lipinski definition) is 0. The van der Waals surface area contributed by atoms with Crippen LogP contribution in [0.5, 0.6) is 0 Å². The third-order valence-corrected chi connectivity index (χ3v) is 3.89. The number of ether oxygens (including phenoxy) is 3. The van der Waals surface area contributed by atoms with Crippen molar-refractivity contribution in [1.82, 2.24) is 0 Å². The molecule has 0 radical (unpaired) electrons. The monoisotopic (exact) mass is 228 g/mol. The smallest absolute Gasteiger partial charge is 0.308 e. The van der Waals surface area contributed by atoms with Crippen molar-refractivity contribution in [2.75, 3.05) is 20.3 Å². The van der Waals surface area contributed by atoms with Gasteiger partial charge in [-0.15, -0.1) is 0 Å². The zero-order chi connectivity index (χ0) is 11.6. The van der Waals surface area contributed by atoms with E-state index in [1.165, 1.54) is 7.11 Å². The van der Waals surface area contributed by atoms with E-state index in [9.17, 15) is 4.79 Å². The highest BCUT2D eigenvalue weighted by atomic mass is 16.7. The fourth-order valence-electron chi connectivity index (χ4n) is 2.74. The zero-order valence-corrected chi connectivity index (χ0v) is 10.0. The Morgan fingerprint density at radius 1 is 1.31 bits per heavy atom. The van der Waals surface area contributed by atoms with Gasteiger partial charge in [0, 0.05) is 12.8 Å². The summed E-state index contributed by atoms with van der Waals surface area (Å²) in [6.45, 7) is 3.36. The first-order valence-corrected chi connectivity index (χ1v) is 6.03. The van der Waals surface area contributed by atoms with E-state index in [4.69, 9.17) is 14.2 Å². The molecule has 16 heavy (non-hydrogen) atoms. The van der Waals surface area contributed by atoms with Gasteiger partial charge >= 0.3 is 5.97 Å². The van der Waals surface area contributed by atoms with Crippen LogP contribution in [0.2, 0.25) is 0 Å². The molecule has 1 heterocycles. The van der Waals surface area contributed by atoms with E-state index in [0.717, 1.165) is 25.7 Å². The largest absolute Gasteiger partial charge is 0.469 e. The summed E-state index contributed by atoms with van der Waals surface area (Å²) in [5, 5.41) is 0. The van der Waals surface area contributed by atoms with Crippen LogP contribution >= 0.6 is 0 Å². The number of hydrogen-bond acceptors (Lipinski definition) is 4. The van der Waals surface area contributed by atoms with E-state index in [1.807, 2.05) is 6.92 Å². The molecule has 2 rings (SSSR count). The Kier molecular flexibility index (Phi) is 3.50. The third-order valence-electron chi connectivity index (χ3n) is 3.89. The second-order valence-electron chi connectivity index (χ2n) is 4.76. The average molecular weight is 228 g/mol. The maximum Gasteiger partial charge on any atom is 0.308 e. The Hall–Kier alpha value is -0.610. The first-order valence-electron chi connectivity index (χ1n) is 6.03. The lowest BCUT2D eigenvalue weighted by Gasteiger charge is -2.36. The molecule has 1 saturated carbocycles. The maximum atomic E-state index is 11.4. The predicted molar refractivity (Wildman–Crippen MR) is 57.8 cm³/mol. The highest BCUT2D eigenvalue weighted by Gasteiger charge is 2.42. The van der Waals surface area contributed by atoms with Crippen molar-refractivity contribution in [3.63, 3.8) is 0 Å². The highest BCUT2D eigenvalue weighted by molar-refractivity contribution is 5.72. The summed E-state index contributed by atoms with van der Waals surface area (Å²) in [7, 11) is 1.45. The van der Waals surface area contributed by atoms with Gasteiger partial charge in [0.2, 0.25) is 0 Å². The molecular formula is C12H20O4. The van der Waals surface area contributed by atoms with Crippen LogP contribution in [0.15, 0.2) is 0 Å². The summed E-state index contributed by atoms with van der Waals surface area (Å²) in [5.41, 5.74) is 0. The number of carbonyl (C=O) groups excluding carboxylic acids is 1. The fraction of sp³-hybridized carbons (Fsp3) is 0.917. The Morgan fingerprint density at radius 2 is 1.88 bits per heavy atom. The normalized spacial score (nSPS) is 26.9. The molecule has 0 bridgehead atoms. The molecule has 4 nitrogen and oxygen atoms in total. The van der Waals surface area contributed by atoms with E-state index in [1.54, 1.807) is 0 Å². The van der Waals surface area contributed by atoms with Crippen LogP contribution in [-0.2, 0) is 19.0 Å². The summed E-state index contributed by atoms with van der Waals surface area (Å²) in [6, 6.07) is 0. The quantitative estimate of drug-likeness (QED) is 0.675. The van der Waals surface area contributed by atoms with Gasteiger partial charge in [-0.25, -0.2) is 0 Å². The molecule has 0 amide bonds. The number of carbonyl (C=O) groups is 1. The van der Waals surface area contributed by atoms with E-state index in [2.05, 4.69) is 0 Å². The van der Waals surface area contributed by atoms with Crippen molar-refractivity contribution in [2.45, 2.75) is 38.4 Å². The van der Waals surface area contributed by atoms with Gasteiger partial charge in [0.15, 0.2) is 5.79 Å². The Morgan fingerprint density at radius 3 is 2.38 bits per heavy atom. The minimum atomic E-state index is -0.327. The SMILES string of the molecule is COC(=O)C(C)C1CCC2(CC1)OCCO2. The van der Waals surface area contributed by atoms with Gasteiger partial charge in [0.05, 0.1) is 26.2 Å².